The highest BCUT2D eigenvalue weighted by molar-refractivity contribution is 9.10. The number of benzene rings is 5. The molecule has 0 atom stereocenters. The highest BCUT2D eigenvalue weighted by Crippen LogP contribution is 2.41. The van der Waals surface area contributed by atoms with E-state index in [1.807, 2.05) is 6.07 Å². The van der Waals surface area contributed by atoms with Crippen LogP contribution in [0.15, 0.2) is 138 Å². The summed E-state index contributed by atoms with van der Waals surface area (Å²) < 4.78 is 1.05. The third-order valence-electron chi connectivity index (χ3n) is 5.52. The van der Waals surface area contributed by atoms with E-state index in [2.05, 4.69) is 148 Å². The molecule has 0 aliphatic heterocycles. The molecule has 154 valence electrons. The summed E-state index contributed by atoms with van der Waals surface area (Å²) in [5.41, 5.74) is 8.13. The van der Waals surface area contributed by atoms with Crippen molar-refractivity contribution in [2.75, 3.05) is 4.90 Å². The summed E-state index contributed by atoms with van der Waals surface area (Å²) in [6, 6.07) is 46.8. The highest BCUT2D eigenvalue weighted by Gasteiger charge is 2.16. The third-order valence-corrected chi connectivity index (χ3v) is 6.19. The molecule has 5 aromatic carbocycles. The van der Waals surface area contributed by atoms with Gasteiger partial charge < -0.3 is 4.90 Å². The first-order chi connectivity index (χ1) is 15.8. The lowest BCUT2D eigenvalue weighted by atomic mass is 10.0. The van der Waals surface area contributed by atoms with E-state index in [1.54, 1.807) is 0 Å². The number of para-hydroxylation sites is 1. The Morgan fingerprint density at radius 3 is 1.34 bits per heavy atom. The Labute approximate surface area is 197 Å². The first kappa shape index (κ1) is 20.3. The summed E-state index contributed by atoms with van der Waals surface area (Å²) in [6.07, 6.45) is 0. The van der Waals surface area contributed by atoms with Gasteiger partial charge >= 0.3 is 0 Å². The number of halogens is 1. The molecule has 0 saturated carbocycles. The molecule has 0 spiro atoms. The van der Waals surface area contributed by atoms with E-state index >= 15 is 0 Å². The lowest BCUT2D eigenvalue weighted by Gasteiger charge is -2.27. The minimum absolute atomic E-state index is 1.05. The number of rotatable bonds is 5. The Hall–Kier alpha value is -3.62. The van der Waals surface area contributed by atoms with Crippen molar-refractivity contribution in [1.82, 2.24) is 0 Å². The topological polar surface area (TPSA) is 3.24 Å². The van der Waals surface area contributed by atoms with Gasteiger partial charge in [-0.3, -0.25) is 0 Å². The number of nitrogens with zero attached hydrogens (tertiary/aromatic N) is 1. The van der Waals surface area contributed by atoms with Crippen LogP contribution in [0.1, 0.15) is 0 Å². The van der Waals surface area contributed by atoms with Crippen molar-refractivity contribution in [2.24, 2.45) is 0 Å². The maximum Gasteiger partial charge on any atom is 0.0603 e. The first-order valence-electron chi connectivity index (χ1n) is 10.7. The smallest absolute Gasteiger partial charge is 0.0603 e. The molecule has 0 aliphatic rings. The van der Waals surface area contributed by atoms with Crippen LogP contribution in [0, 0.1) is 0 Å². The fourth-order valence-corrected chi connectivity index (χ4v) is 4.43. The van der Waals surface area contributed by atoms with Gasteiger partial charge in [-0.25, -0.2) is 0 Å². The van der Waals surface area contributed by atoms with Crippen LogP contribution in [0.5, 0.6) is 0 Å². The van der Waals surface area contributed by atoms with E-state index in [9.17, 15) is 0 Å². The maximum atomic E-state index is 3.78. The van der Waals surface area contributed by atoms with Crippen molar-refractivity contribution < 1.29 is 0 Å². The maximum absolute atomic E-state index is 3.78. The molecule has 0 heterocycles. The summed E-state index contributed by atoms with van der Waals surface area (Å²) in [5, 5.41) is 0. The molecule has 5 aromatic rings. The van der Waals surface area contributed by atoms with Crippen molar-refractivity contribution >= 4 is 33.0 Å². The van der Waals surface area contributed by atoms with E-state index < -0.39 is 0 Å². The van der Waals surface area contributed by atoms with E-state index in [-0.39, 0.29) is 0 Å². The second-order valence-corrected chi connectivity index (χ2v) is 8.47. The van der Waals surface area contributed by atoms with Crippen LogP contribution in [-0.4, -0.2) is 0 Å². The van der Waals surface area contributed by atoms with Crippen molar-refractivity contribution in [3.8, 4) is 22.3 Å². The van der Waals surface area contributed by atoms with Gasteiger partial charge in [-0.1, -0.05) is 97.1 Å². The lowest BCUT2D eigenvalue weighted by Crippen LogP contribution is -2.10. The lowest BCUT2D eigenvalue weighted by molar-refractivity contribution is 1.27. The van der Waals surface area contributed by atoms with Crippen molar-refractivity contribution in [1.29, 1.82) is 0 Å². The normalized spacial score (nSPS) is 10.7. The molecule has 0 amide bonds. The van der Waals surface area contributed by atoms with Gasteiger partial charge in [0.05, 0.1) is 5.69 Å². The number of hydrogen-bond donors (Lipinski definition) is 0. The predicted molar refractivity (Wildman–Crippen MR) is 140 cm³/mol. The summed E-state index contributed by atoms with van der Waals surface area (Å²) in [4.78, 5) is 2.31. The quantitative estimate of drug-likeness (QED) is 0.244. The minimum atomic E-state index is 1.05. The zero-order chi connectivity index (χ0) is 21.8. The molecule has 0 aliphatic carbocycles. The zero-order valence-corrected chi connectivity index (χ0v) is 19.1. The standard InChI is InChI=1S/C30H22BrN/c31-29-19-7-8-20-30(29)32(27-17-9-15-25(21-27)23-11-3-1-4-12-23)28-18-10-16-26(22-28)24-13-5-2-6-14-24/h1-22H. The Kier molecular flexibility index (Phi) is 5.87. The molecule has 32 heavy (non-hydrogen) atoms. The molecule has 0 fully saturated rings. The van der Waals surface area contributed by atoms with E-state index in [1.165, 1.54) is 22.3 Å². The molecule has 1 nitrogen and oxygen atoms in total. The van der Waals surface area contributed by atoms with Gasteiger partial charge in [0.25, 0.3) is 0 Å². The summed E-state index contributed by atoms with van der Waals surface area (Å²) in [5.74, 6) is 0. The summed E-state index contributed by atoms with van der Waals surface area (Å²) >= 11 is 3.78. The SMILES string of the molecule is Brc1ccccc1N(c1cccc(-c2ccccc2)c1)c1cccc(-c2ccccc2)c1. The summed E-state index contributed by atoms with van der Waals surface area (Å²) in [7, 11) is 0. The molecule has 0 saturated heterocycles. The molecule has 0 aromatic heterocycles. The molecule has 5 rings (SSSR count). The average Bonchev–Trinajstić information content (AvgIpc) is 2.87. The molecular formula is C30H22BrN. The monoisotopic (exact) mass is 475 g/mol. The largest absolute Gasteiger partial charge is 0.309 e. The molecule has 0 N–H and O–H groups in total. The second-order valence-electron chi connectivity index (χ2n) is 7.62. The Morgan fingerprint density at radius 1 is 0.406 bits per heavy atom. The van der Waals surface area contributed by atoms with Crippen molar-refractivity contribution in [3.05, 3.63) is 138 Å². The van der Waals surface area contributed by atoms with Gasteiger partial charge in [0.15, 0.2) is 0 Å². The highest BCUT2D eigenvalue weighted by atomic mass is 79.9. The molecule has 0 radical (unpaired) electrons. The van der Waals surface area contributed by atoms with Crippen LogP contribution in [0.25, 0.3) is 22.3 Å². The van der Waals surface area contributed by atoms with Gasteiger partial charge in [-0.2, -0.15) is 0 Å². The Bertz CT molecular complexity index is 1250. The molecule has 2 heteroatoms. The molecule has 0 bridgehead atoms. The molecule has 0 unspecified atom stereocenters. The van der Waals surface area contributed by atoms with Gasteiger partial charge in [0.1, 0.15) is 0 Å². The van der Waals surface area contributed by atoms with E-state index in [0.717, 1.165) is 21.5 Å². The first-order valence-corrected chi connectivity index (χ1v) is 11.4. The van der Waals surface area contributed by atoms with Crippen molar-refractivity contribution in [2.45, 2.75) is 0 Å². The van der Waals surface area contributed by atoms with Crippen LogP contribution < -0.4 is 4.90 Å². The van der Waals surface area contributed by atoms with Crippen LogP contribution in [0.2, 0.25) is 0 Å². The van der Waals surface area contributed by atoms with E-state index in [4.69, 9.17) is 0 Å². The molecular weight excluding hydrogens is 454 g/mol. The average molecular weight is 476 g/mol. The Morgan fingerprint density at radius 2 is 0.844 bits per heavy atom. The minimum Gasteiger partial charge on any atom is -0.309 e. The van der Waals surface area contributed by atoms with Crippen LogP contribution in [-0.2, 0) is 0 Å². The second kappa shape index (κ2) is 9.25. The predicted octanol–water partition coefficient (Wildman–Crippen LogP) is 9.25. The summed E-state index contributed by atoms with van der Waals surface area (Å²) in [6.45, 7) is 0. The van der Waals surface area contributed by atoms with Crippen LogP contribution >= 0.6 is 15.9 Å². The number of hydrogen-bond acceptors (Lipinski definition) is 1. The van der Waals surface area contributed by atoms with Gasteiger partial charge in [-0.15, -0.1) is 0 Å². The fraction of sp³-hybridized carbons (Fsp3) is 0. The zero-order valence-electron chi connectivity index (χ0n) is 17.5. The van der Waals surface area contributed by atoms with Crippen LogP contribution in [0.3, 0.4) is 0 Å². The van der Waals surface area contributed by atoms with E-state index in [0.29, 0.717) is 0 Å². The Balaban J connectivity index is 1.66. The van der Waals surface area contributed by atoms with Crippen LogP contribution in [0.4, 0.5) is 17.1 Å². The van der Waals surface area contributed by atoms with Gasteiger partial charge in [0.2, 0.25) is 0 Å². The fourth-order valence-electron chi connectivity index (χ4n) is 3.97. The third kappa shape index (κ3) is 4.23. The van der Waals surface area contributed by atoms with Gasteiger partial charge in [-0.05, 0) is 74.6 Å². The van der Waals surface area contributed by atoms with Gasteiger partial charge in [0, 0.05) is 15.8 Å². The van der Waals surface area contributed by atoms with Crippen molar-refractivity contribution in [3.63, 3.8) is 0 Å². The number of anilines is 3.